The van der Waals surface area contributed by atoms with E-state index in [0.29, 0.717) is 23.9 Å². The molecular weight excluding hydrogens is 318 g/mol. The number of hydrogen-bond acceptors (Lipinski definition) is 5. The highest BCUT2D eigenvalue weighted by Crippen LogP contribution is 2.39. The van der Waals surface area contributed by atoms with Gasteiger partial charge < -0.3 is 9.64 Å². The molecule has 21 heavy (non-hydrogen) atoms. The lowest BCUT2D eigenvalue weighted by atomic mass is 9.91. The van der Waals surface area contributed by atoms with E-state index in [1.165, 1.54) is 6.20 Å². The lowest BCUT2D eigenvalue weighted by Gasteiger charge is -2.47. The van der Waals surface area contributed by atoms with E-state index in [-0.39, 0.29) is 22.0 Å². The molecule has 2 unspecified atom stereocenters. The summed E-state index contributed by atoms with van der Waals surface area (Å²) in [5.74, 6) is -0.0562. The Bertz CT molecular complexity index is 713. The van der Waals surface area contributed by atoms with Gasteiger partial charge in [-0.15, -0.1) is 0 Å². The second-order valence-corrected chi connectivity index (χ2v) is 5.95. The molecule has 110 valence electrons. The quantitative estimate of drug-likeness (QED) is 0.595. The van der Waals surface area contributed by atoms with E-state index in [1.807, 2.05) is 0 Å². The maximum atomic E-state index is 14.1. The van der Waals surface area contributed by atoms with Crippen molar-refractivity contribution >= 4 is 39.9 Å². The van der Waals surface area contributed by atoms with Gasteiger partial charge in [0.05, 0.1) is 18.0 Å². The van der Waals surface area contributed by atoms with Crippen molar-refractivity contribution in [2.24, 2.45) is 0 Å². The molecule has 0 aromatic carbocycles. The molecule has 0 amide bonds. The number of pyridine rings is 1. The largest absolute Gasteiger partial charge is 0.379 e. The summed E-state index contributed by atoms with van der Waals surface area (Å²) >= 11 is 11.7. The number of fused-ring (bicyclic) bond motifs is 3. The molecule has 0 N–H and O–H groups in total. The number of halogens is 3. The van der Waals surface area contributed by atoms with Gasteiger partial charge in [0.2, 0.25) is 5.28 Å². The van der Waals surface area contributed by atoms with E-state index in [9.17, 15) is 4.39 Å². The molecule has 2 saturated heterocycles. The van der Waals surface area contributed by atoms with Gasteiger partial charge in [-0.05, 0) is 24.4 Å². The van der Waals surface area contributed by atoms with E-state index < -0.39 is 5.82 Å². The Kier molecular flexibility index (Phi) is 3.13. The average Bonchev–Trinajstić information content (AvgIpc) is 2.79. The van der Waals surface area contributed by atoms with Crippen LogP contribution in [0.4, 0.5) is 10.2 Å². The summed E-state index contributed by atoms with van der Waals surface area (Å²) < 4.78 is 19.7. The van der Waals surface area contributed by atoms with Crippen LogP contribution in [0, 0.1) is 5.82 Å². The molecule has 2 atom stereocenters. The van der Waals surface area contributed by atoms with Crippen molar-refractivity contribution in [1.29, 1.82) is 0 Å². The van der Waals surface area contributed by atoms with E-state index in [1.54, 1.807) is 0 Å². The van der Waals surface area contributed by atoms with Gasteiger partial charge in [-0.2, -0.15) is 4.98 Å². The van der Waals surface area contributed by atoms with Gasteiger partial charge in [-0.1, -0.05) is 11.6 Å². The summed E-state index contributed by atoms with van der Waals surface area (Å²) in [6.45, 7) is 1.37. The van der Waals surface area contributed by atoms with Gasteiger partial charge in [0, 0.05) is 18.8 Å². The Morgan fingerprint density at radius 1 is 1.29 bits per heavy atom. The highest BCUT2D eigenvalue weighted by Gasteiger charge is 2.42. The molecule has 2 aromatic heterocycles. The highest BCUT2D eigenvalue weighted by atomic mass is 35.5. The van der Waals surface area contributed by atoms with Crippen molar-refractivity contribution < 1.29 is 9.13 Å². The fraction of sp³-hybridized carbons (Fsp3) is 0.462. The molecule has 2 fully saturated rings. The molecule has 0 radical (unpaired) electrons. The van der Waals surface area contributed by atoms with Crippen LogP contribution >= 0.6 is 23.2 Å². The van der Waals surface area contributed by atoms with E-state index in [2.05, 4.69) is 19.9 Å². The minimum atomic E-state index is -0.667. The molecule has 2 aromatic rings. The number of aromatic nitrogens is 3. The van der Waals surface area contributed by atoms with Crippen LogP contribution in [0.3, 0.4) is 0 Å². The van der Waals surface area contributed by atoms with Crippen LogP contribution in [0.5, 0.6) is 0 Å². The number of rotatable bonds is 1. The normalized spacial score (nSPS) is 24.8. The van der Waals surface area contributed by atoms with Crippen molar-refractivity contribution in [3.63, 3.8) is 0 Å². The molecule has 4 rings (SSSR count). The van der Waals surface area contributed by atoms with Crippen LogP contribution in [-0.4, -0.2) is 40.2 Å². The van der Waals surface area contributed by atoms with Crippen LogP contribution in [0.25, 0.3) is 10.9 Å². The Hall–Kier alpha value is -1.24. The number of nitrogens with zero attached hydrogens (tertiary/aromatic N) is 4. The summed E-state index contributed by atoms with van der Waals surface area (Å²) in [6, 6.07) is 0.579. The third kappa shape index (κ3) is 2.05. The van der Waals surface area contributed by atoms with Crippen LogP contribution in [-0.2, 0) is 4.74 Å². The third-order valence-corrected chi connectivity index (χ3v) is 4.51. The highest BCUT2D eigenvalue weighted by molar-refractivity contribution is 6.30. The van der Waals surface area contributed by atoms with Crippen molar-refractivity contribution in [3.05, 3.63) is 22.5 Å². The minimum Gasteiger partial charge on any atom is -0.379 e. The summed E-state index contributed by atoms with van der Waals surface area (Å²) in [5.41, 5.74) is 0.106. The summed E-state index contributed by atoms with van der Waals surface area (Å²) in [6.07, 6.45) is 3.47. The summed E-state index contributed by atoms with van der Waals surface area (Å²) in [4.78, 5) is 14.2. The van der Waals surface area contributed by atoms with Crippen LogP contribution < -0.4 is 4.90 Å². The SMILES string of the molecule is Fc1c(Cl)ncc2c(N3C4CCOCC3C4)nc(Cl)nc12. The van der Waals surface area contributed by atoms with Gasteiger partial charge in [0.15, 0.2) is 11.0 Å². The topological polar surface area (TPSA) is 51.1 Å². The molecule has 8 heteroatoms. The Labute approximate surface area is 130 Å². The molecule has 5 nitrogen and oxygen atoms in total. The third-order valence-electron chi connectivity index (χ3n) is 4.08. The van der Waals surface area contributed by atoms with Crippen LogP contribution in [0.15, 0.2) is 6.20 Å². The van der Waals surface area contributed by atoms with Crippen molar-refractivity contribution in [2.45, 2.75) is 24.9 Å². The van der Waals surface area contributed by atoms with Crippen molar-refractivity contribution in [2.75, 3.05) is 18.1 Å². The first-order valence-corrected chi connectivity index (χ1v) is 7.44. The molecule has 0 spiro atoms. The number of anilines is 1. The van der Waals surface area contributed by atoms with Crippen molar-refractivity contribution in [3.8, 4) is 0 Å². The Balaban J connectivity index is 1.91. The molecule has 2 aliphatic heterocycles. The standard InChI is InChI=1S/C13H11Cl2FN4O/c14-11-9(16)10-8(4-17-11)12(19-13(15)18-10)20-6-1-2-21-5-7(20)3-6/h4,6-7H,1-3,5H2. The number of ether oxygens (including phenoxy) is 1. The van der Waals surface area contributed by atoms with Gasteiger partial charge in [-0.3, -0.25) is 0 Å². The predicted octanol–water partition coefficient (Wildman–Crippen LogP) is 2.84. The minimum absolute atomic E-state index is 0.00299. The van der Waals surface area contributed by atoms with Crippen LogP contribution in [0.2, 0.25) is 10.4 Å². The van der Waals surface area contributed by atoms with Crippen LogP contribution in [0.1, 0.15) is 12.8 Å². The number of hydrogen-bond donors (Lipinski definition) is 0. The fourth-order valence-corrected chi connectivity index (χ4v) is 3.38. The van der Waals surface area contributed by atoms with E-state index >= 15 is 0 Å². The Morgan fingerprint density at radius 2 is 2.14 bits per heavy atom. The summed E-state index contributed by atoms with van der Waals surface area (Å²) in [7, 11) is 0. The van der Waals surface area contributed by atoms with E-state index in [4.69, 9.17) is 27.9 Å². The monoisotopic (exact) mass is 328 g/mol. The lowest BCUT2D eigenvalue weighted by Crippen LogP contribution is -2.57. The second-order valence-electron chi connectivity index (χ2n) is 5.26. The maximum Gasteiger partial charge on any atom is 0.225 e. The smallest absolute Gasteiger partial charge is 0.225 e. The zero-order valence-electron chi connectivity index (χ0n) is 10.9. The molecule has 0 aliphatic carbocycles. The summed E-state index contributed by atoms with van der Waals surface area (Å²) in [5, 5.41) is 0.314. The fourth-order valence-electron chi connectivity index (χ4n) is 3.08. The average molecular weight is 329 g/mol. The van der Waals surface area contributed by atoms with Gasteiger partial charge >= 0.3 is 0 Å². The first-order valence-electron chi connectivity index (χ1n) is 6.68. The van der Waals surface area contributed by atoms with Gasteiger partial charge in [0.1, 0.15) is 11.3 Å². The van der Waals surface area contributed by atoms with Gasteiger partial charge in [0.25, 0.3) is 0 Å². The molecule has 4 heterocycles. The molecular formula is C13H11Cl2FN4O. The van der Waals surface area contributed by atoms with Crippen molar-refractivity contribution in [1.82, 2.24) is 15.0 Å². The second kappa shape index (κ2) is 4.90. The zero-order chi connectivity index (χ0) is 14.6. The van der Waals surface area contributed by atoms with Gasteiger partial charge in [-0.25, -0.2) is 14.4 Å². The Morgan fingerprint density at radius 3 is 3.00 bits per heavy atom. The zero-order valence-corrected chi connectivity index (χ0v) is 12.4. The first-order chi connectivity index (χ1) is 10.1. The van der Waals surface area contributed by atoms with E-state index in [0.717, 1.165) is 19.4 Å². The molecule has 2 bridgehead atoms. The lowest BCUT2D eigenvalue weighted by molar-refractivity contribution is 0.138. The first kappa shape index (κ1) is 13.4. The maximum absolute atomic E-state index is 14.1. The molecule has 0 saturated carbocycles. The molecule has 2 aliphatic rings. The predicted molar refractivity (Wildman–Crippen MR) is 77.4 cm³/mol.